The Morgan fingerprint density at radius 2 is 1.24 bits per heavy atom. The average Bonchev–Trinajstić information content (AvgIpc) is 2.69. The molecule has 1 amide bonds. The van der Waals surface area contributed by atoms with Gasteiger partial charge in [-0.2, -0.15) is 0 Å². The van der Waals surface area contributed by atoms with Crippen molar-refractivity contribution in [2.45, 2.75) is 0 Å². The minimum absolute atomic E-state index is 0.299. The second kappa shape index (κ2) is 22.3. The highest BCUT2D eigenvalue weighted by atomic mass is 16.6. The summed E-state index contributed by atoms with van der Waals surface area (Å²) in [6.45, 7) is 3.96. The first-order valence-electron chi connectivity index (χ1n) is 9.12. The lowest BCUT2D eigenvalue weighted by Crippen LogP contribution is -2.31. The molecule has 0 aliphatic rings. The van der Waals surface area contributed by atoms with Crippen molar-refractivity contribution in [3.63, 3.8) is 0 Å². The summed E-state index contributed by atoms with van der Waals surface area (Å²) in [6.07, 6.45) is 0. The molecule has 0 bridgehead atoms. The first kappa shape index (κ1) is 27.0. The largest absolute Gasteiger partial charge is 0.480 e. The van der Waals surface area contributed by atoms with Gasteiger partial charge in [-0.15, -0.1) is 0 Å². The molecule has 0 heterocycles. The van der Waals surface area contributed by atoms with Gasteiger partial charge in [0.25, 0.3) is 0 Å². The van der Waals surface area contributed by atoms with Crippen LogP contribution in [-0.2, 0) is 38.0 Å². The number of ether oxygens (including phenoxy) is 6. The zero-order chi connectivity index (χ0) is 21.4. The lowest BCUT2D eigenvalue weighted by molar-refractivity contribution is -0.143. The smallest absolute Gasteiger partial charge is 0.329 e. The number of aliphatic carboxylic acids is 1. The summed E-state index contributed by atoms with van der Waals surface area (Å²) in [5.74, 6) is -1.52. The van der Waals surface area contributed by atoms with Crippen molar-refractivity contribution in [2.75, 3.05) is 92.4 Å². The van der Waals surface area contributed by atoms with Crippen LogP contribution in [0.25, 0.3) is 10.4 Å². The third-order valence-corrected chi connectivity index (χ3v) is 2.91. The molecule has 0 saturated carbocycles. The number of hydrogen-bond acceptors (Lipinski definition) is 9. The molecule has 0 saturated heterocycles. The number of hydrogen-bond donors (Lipinski definition) is 2. The fourth-order valence-corrected chi connectivity index (χ4v) is 1.68. The monoisotopic (exact) mass is 422 g/mol. The Kier molecular flexibility index (Phi) is 20.8. The fourth-order valence-electron chi connectivity index (χ4n) is 1.68. The number of rotatable bonds is 22. The van der Waals surface area contributed by atoms with Crippen molar-refractivity contribution in [3.8, 4) is 0 Å². The van der Waals surface area contributed by atoms with Gasteiger partial charge in [-0.3, -0.25) is 4.79 Å². The number of nitrogens with one attached hydrogen (secondary N) is 1. The van der Waals surface area contributed by atoms with E-state index in [9.17, 15) is 9.59 Å². The predicted octanol–water partition coefficient (Wildman–Crippen LogP) is -0.403. The van der Waals surface area contributed by atoms with Gasteiger partial charge in [-0.05, 0) is 5.53 Å². The van der Waals surface area contributed by atoms with E-state index in [1.807, 2.05) is 0 Å². The summed E-state index contributed by atoms with van der Waals surface area (Å²) in [6, 6.07) is 0. The van der Waals surface area contributed by atoms with Gasteiger partial charge < -0.3 is 38.8 Å². The van der Waals surface area contributed by atoms with E-state index >= 15 is 0 Å². The van der Waals surface area contributed by atoms with Crippen LogP contribution in [0.2, 0.25) is 0 Å². The van der Waals surface area contributed by atoms with Gasteiger partial charge in [-0.1, -0.05) is 5.11 Å². The van der Waals surface area contributed by atoms with Crippen molar-refractivity contribution in [1.29, 1.82) is 0 Å². The van der Waals surface area contributed by atoms with E-state index in [0.717, 1.165) is 0 Å². The first-order chi connectivity index (χ1) is 14.2. The highest BCUT2D eigenvalue weighted by molar-refractivity contribution is 5.77. The molecule has 29 heavy (non-hydrogen) atoms. The Morgan fingerprint density at radius 1 is 0.759 bits per heavy atom. The maximum Gasteiger partial charge on any atom is 0.329 e. The Bertz CT molecular complexity index is 462. The zero-order valence-corrected chi connectivity index (χ0v) is 16.5. The van der Waals surface area contributed by atoms with Gasteiger partial charge in [-0.25, -0.2) is 4.79 Å². The summed E-state index contributed by atoms with van der Waals surface area (Å²) in [7, 11) is 0. The molecule has 0 spiro atoms. The van der Waals surface area contributed by atoms with Gasteiger partial charge in [0.15, 0.2) is 0 Å². The molecule has 168 valence electrons. The van der Waals surface area contributed by atoms with Crippen LogP contribution < -0.4 is 5.32 Å². The molecule has 0 atom stereocenters. The molecule has 2 N–H and O–H groups in total. The highest BCUT2D eigenvalue weighted by Crippen LogP contribution is 1.84. The topological polar surface area (TPSA) is 171 Å². The van der Waals surface area contributed by atoms with E-state index in [2.05, 4.69) is 20.1 Å². The number of amides is 1. The van der Waals surface area contributed by atoms with E-state index < -0.39 is 18.5 Å². The molecule has 0 fully saturated rings. The number of nitrogens with zero attached hydrogens (tertiary/aromatic N) is 3. The van der Waals surface area contributed by atoms with Crippen LogP contribution in [-0.4, -0.2) is 109 Å². The minimum atomic E-state index is -1.12. The maximum atomic E-state index is 11.3. The number of carboxylic acids is 1. The molecule has 0 aromatic heterocycles. The van der Waals surface area contributed by atoms with E-state index in [0.29, 0.717) is 79.2 Å². The van der Waals surface area contributed by atoms with E-state index in [1.54, 1.807) is 0 Å². The summed E-state index contributed by atoms with van der Waals surface area (Å²) >= 11 is 0. The second-order valence-electron chi connectivity index (χ2n) is 5.25. The molecule has 0 radical (unpaired) electrons. The van der Waals surface area contributed by atoms with E-state index in [-0.39, 0.29) is 6.61 Å². The SMILES string of the molecule is [N-]=[N+]=NCCOCCOCCOCCOCCOCCNC(=O)COCC(=O)O. The zero-order valence-electron chi connectivity index (χ0n) is 16.5. The van der Waals surface area contributed by atoms with Crippen molar-refractivity contribution in [1.82, 2.24) is 5.32 Å². The fraction of sp³-hybridized carbons (Fsp3) is 0.875. The molecule has 0 aliphatic carbocycles. The molecular weight excluding hydrogens is 392 g/mol. The molecule has 0 aliphatic heterocycles. The lowest BCUT2D eigenvalue weighted by atomic mass is 10.6. The number of carboxylic acid groups (broad SMARTS) is 1. The van der Waals surface area contributed by atoms with Crippen LogP contribution in [0.4, 0.5) is 0 Å². The summed E-state index contributed by atoms with van der Waals surface area (Å²) in [5.41, 5.74) is 8.07. The summed E-state index contributed by atoms with van der Waals surface area (Å²) in [5, 5.41) is 14.2. The van der Waals surface area contributed by atoms with Gasteiger partial charge in [0.1, 0.15) is 13.2 Å². The standard InChI is InChI=1S/C16H30N4O9/c17-20-19-2-4-25-6-8-27-10-12-28-11-9-26-7-5-24-3-1-18-15(21)13-29-14-16(22)23/h1-14H2,(H,18,21)(H,22,23). The van der Waals surface area contributed by atoms with E-state index in [1.165, 1.54) is 0 Å². The van der Waals surface area contributed by atoms with Crippen LogP contribution in [0.3, 0.4) is 0 Å². The molecule has 13 heteroatoms. The first-order valence-corrected chi connectivity index (χ1v) is 9.12. The summed E-state index contributed by atoms with van der Waals surface area (Å²) < 4.78 is 31.0. The van der Waals surface area contributed by atoms with E-state index in [4.69, 9.17) is 34.3 Å². The quantitative estimate of drug-likeness (QED) is 0.102. The molecule has 0 rings (SSSR count). The number of azide groups is 1. The van der Waals surface area contributed by atoms with Gasteiger partial charge >= 0.3 is 5.97 Å². The van der Waals surface area contributed by atoms with Gasteiger partial charge in [0.05, 0.1) is 66.1 Å². The van der Waals surface area contributed by atoms with Gasteiger partial charge in [0.2, 0.25) is 5.91 Å². The molecular formula is C16H30N4O9. The Hall–Kier alpha value is -1.99. The van der Waals surface area contributed by atoms with Crippen molar-refractivity contribution in [2.24, 2.45) is 5.11 Å². The molecule has 13 nitrogen and oxygen atoms in total. The predicted molar refractivity (Wildman–Crippen MR) is 99.6 cm³/mol. The third kappa shape index (κ3) is 24.0. The van der Waals surface area contributed by atoms with Crippen LogP contribution in [0.1, 0.15) is 0 Å². The van der Waals surface area contributed by atoms with Crippen molar-refractivity contribution < 1.29 is 43.1 Å². The Morgan fingerprint density at radius 3 is 1.72 bits per heavy atom. The third-order valence-electron chi connectivity index (χ3n) is 2.91. The lowest BCUT2D eigenvalue weighted by Gasteiger charge is -2.08. The number of carbonyl (C=O) groups excluding carboxylic acids is 1. The maximum absolute atomic E-state index is 11.3. The second-order valence-corrected chi connectivity index (χ2v) is 5.25. The van der Waals surface area contributed by atoms with Crippen LogP contribution in [0.15, 0.2) is 5.11 Å². The molecule has 0 unspecified atom stereocenters. The van der Waals surface area contributed by atoms with Crippen molar-refractivity contribution >= 4 is 11.9 Å². The summed E-state index contributed by atoms with van der Waals surface area (Å²) in [4.78, 5) is 24.1. The number of carbonyl (C=O) groups is 2. The van der Waals surface area contributed by atoms with Gasteiger partial charge in [0, 0.05) is 18.0 Å². The molecule has 0 aromatic carbocycles. The minimum Gasteiger partial charge on any atom is -0.480 e. The van der Waals surface area contributed by atoms with Crippen LogP contribution >= 0.6 is 0 Å². The Labute approximate surface area is 169 Å². The normalized spacial score (nSPS) is 10.5. The highest BCUT2D eigenvalue weighted by Gasteiger charge is 2.02. The van der Waals surface area contributed by atoms with Crippen molar-refractivity contribution in [3.05, 3.63) is 10.4 Å². The average molecular weight is 422 g/mol. The van der Waals surface area contributed by atoms with Crippen LogP contribution in [0.5, 0.6) is 0 Å². The molecule has 0 aromatic rings. The Balaban J connectivity index is 3.12. The van der Waals surface area contributed by atoms with Crippen LogP contribution in [0, 0.1) is 0 Å².